The Kier molecular flexibility index (Phi) is 3.71. The number of aliphatic imine (C=N–C) groups is 1. The Labute approximate surface area is 83.7 Å². The van der Waals surface area contributed by atoms with Gasteiger partial charge in [-0.2, -0.15) is 12.6 Å². The Morgan fingerprint density at radius 2 is 2.15 bits per heavy atom. The lowest BCUT2D eigenvalue weighted by molar-refractivity contribution is 1.25. The molecule has 68 valence electrons. The van der Waals surface area contributed by atoms with Gasteiger partial charge in [0.1, 0.15) is 0 Å². The van der Waals surface area contributed by atoms with Gasteiger partial charge in [-0.3, -0.25) is 10.4 Å². The smallest absolute Gasteiger partial charge is 0.0878 e. The monoisotopic (exact) mass is 192 g/mol. The summed E-state index contributed by atoms with van der Waals surface area (Å²) in [5, 5.41) is 7.71. The second-order valence-electron chi connectivity index (χ2n) is 2.73. The van der Waals surface area contributed by atoms with E-state index in [-0.39, 0.29) is 5.25 Å². The average Bonchev–Trinajstić information content (AvgIpc) is 2.08. The standard InChI is InChI=1S/C10H12N2S/c1-8(13)6-7-12-10-5-3-2-4-9(10)11/h2-8,11,13H,1H3/b7-6-,11-9?,12-10?. The zero-order chi connectivity index (χ0) is 9.68. The highest BCUT2D eigenvalue weighted by molar-refractivity contribution is 7.81. The summed E-state index contributed by atoms with van der Waals surface area (Å²) in [6.45, 7) is 1.96. The summed E-state index contributed by atoms with van der Waals surface area (Å²) < 4.78 is 0. The van der Waals surface area contributed by atoms with Gasteiger partial charge in [-0.25, -0.2) is 0 Å². The molecular weight excluding hydrogens is 180 g/mol. The number of hydrogen-bond donors (Lipinski definition) is 2. The maximum absolute atomic E-state index is 7.51. The number of allylic oxidation sites excluding steroid dienone is 4. The Balaban J connectivity index is 2.67. The molecule has 0 amide bonds. The predicted molar refractivity (Wildman–Crippen MR) is 61.0 cm³/mol. The largest absolute Gasteiger partial charge is 0.299 e. The summed E-state index contributed by atoms with van der Waals surface area (Å²) in [4.78, 5) is 4.13. The highest BCUT2D eigenvalue weighted by Crippen LogP contribution is 1.98. The number of hydrogen-bond acceptors (Lipinski definition) is 3. The first kappa shape index (κ1) is 9.99. The van der Waals surface area contributed by atoms with Gasteiger partial charge < -0.3 is 0 Å². The van der Waals surface area contributed by atoms with Gasteiger partial charge in [-0.15, -0.1) is 0 Å². The van der Waals surface area contributed by atoms with Crippen LogP contribution in [0.5, 0.6) is 0 Å². The van der Waals surface area contributed by atoms with Crippen molar-refractivity contribution in [3.63, 3.8) is 0 Å². The Hall–Kier alpha value is -1.09. The minimum absolute atomic E-state index is 0.196. The summed E-state index contributed by atoms with van der Waals surface area (Å²) in [6, 6.07) is 0. The molecule has 0 aliphatic heterocycles. The van der Waals surface area contributed by atoms with Gasteiger partial charge in [-0.05, 0) is 19.1 Å². The lowest BCUT2D eigenvalue weighted by Crippen LogP contribution is -2.08. The van der Waals surface area contributed by atoms with Gasteiger partial charge >= 0.3 is 0 Å². The van der Waals surface area contributed by atoms with Crippen LogP contribution in [0.25, 0.3) is 0 Å². The summed E-state index contributed by atoms with van der Waals surface area (Å²) in [5.74, 6) is 0. The first-order valence-corrected chi connectivity index (χ1v) is 4.58. The topological polar surface area (TPSA) is 36.2 Å². The fraction of sp³-hybridized carbons (Fsp3) is 0.200. The van der Waals surface area contributed by atoms with Crippen LogP contribution in [0.4, 0.5) is 0 Å². The molecule has 1 aliphatic carbocycles. The lowest BCUT2D eigenvalue weighted by atomic mass is 10.1. The Morgan fingerprint density at radius 1 is 1.46 bits per heavy atom. The molecule has 0 aromatic heterocycles. The summed E-state index contributed by atoms with van der Waals surface area (Å²) in [5.41, 5.74) is 1.13. The fourth-order valence-electron chi connectivity index (χ4n) is 0.834. The van der Waals surface area contributed by atoms with E-state index in [1.807, 2.05) is 31.2 Å². The van der Waals surface area contributed by atoms with Crippen molar-refractivity contribution in [3.8, 4) is 0 Å². The van der Waals surface area contributed by atoms with Crippen LogP contribution in [0.15, 0.2) is 41.6 Å². The van der Waals surface area contributed by atoms with E-state index >= 15 is 0 Å². The van der Waals surface area contributed by atoms with Crippen LogP contribution in [0.2, 0.25) is 0 Å². The molecule has 0 aromatic rings. The van der Waals surface area contributed by atoms with E-state index in [2.05, 4.69) is 17.6 Å². The van der Waals surface area contributed by atoms with Crippen molar-refractivity contribution in [3.05, 3.63) is 36.6 Å². The molecule has 1 atom stereocenters. The number of rotatable bonds is 2. The third-order valence-electron chi connectivity index (χ3n) is 1.48. The number of thiol groups is 1. The van der Waals surface area contributed by atoms with Crippen LogP contribution in [0.1, 0.15) is 6.92 Å². The normalized spacial score (nSPS) is 21.7. The molecule has 1 N–H and O–H groups in total. The van der Waals surface area contributed by atoms with Gasteiger partial charge in [0.2, 0.25) is 0 Å². The maximum Gasteiger partial charge on any atom is 0.0878 e. The SMILES string of the molecule is CC(S)/C=C\N=C1C=CC=CC1=N. The lowest BCUT2D eigenvalue weighted by Gasteiger charge is -2.00. The van der Waals surface area contributed by atoms with Crippen molar-refractivity contribution >= 4 is 24.1 Å². The molecule has 0 saturated carbocycles. The van der Waals surface area contributed by atoms with Gasteiger partial charge in [0.15, 0.2) is 0 Å². The second-order valence-corrected chi connectivity index (χ2v) is 3.54. The minimum Gasteiger partial charge on any atom is -0.299 e. The molecule has 0 radical (unpaired) electrons. The molecule has 0 heterocycles. The van der Waals surface area contributed by atoms with E-state index in [0.717, 1.165) is 0 Å². The van der Waals surface area contributed by atoms with Gasteiger partial charge in [0, 0.05) is 11.4 Å². The third kappa shape index (κ3) is 3.42. The quantitative estimate of drug-likeness (QED) is 0.498. The molecule has 1 rings (SSSR count). The molecule has 13 heavy (non-hydrogen) atoms. The van der Waals surface area contributed by atoms with Crippen molar-refractivity contribution in [2.45, 2.75) is 12.2 Å². The highest BCUT2D eigenvalue weighted by atomic mass is 32.1. The van der Waals surface area contributed by atoms with Crippen molar-refractivity contribution in [1.29, 1.82) is 5.41 Å². The summed E-state index contributed by atoms with van der Waals surface area (Å²) in [6.07, 6.45) is 10.8. The van der Waals surface area contributed by atoms with Crippen LogP contribution >= 0.6 is 12.6 Å². The van der Waals surface area contributed by atoms with Crippen LogP contribution < -0.4 is 0 Å². The Morgan fingerprint density at radius 3 is 2.77 bits per heavy atom. The van der Waals surface area contributed by atoms with Gasteiger partial charge in [-0.1, -0.05) is 18.2 Å². The maximum atomic E-state index is 7.51. The third-order valence-corrected chi connectivity index (χ3v) is 1.65. The van der Waals surface area contributed by atoms with Crippen LogP contribution in [-0.2, 0) is 0 Å². The fourth-order valence-corrected chi connectivity index (χ4v) is 0.911. The van der Waals surface area contributed by atoms with Crippen LogP contribution in [-0.4, -0.2) is 16.7 Å². The predicted octanol–water partition coefficient (Wildman–Crippen LogP) is 2.41. The summed E-state index contributed by atoms with van der Waals surface area (Å²) >= 11 is 4.18. The minimum atomic E-state index is 0.196. The van der Waals surface area contributed by atoms with E-state index < -0.39 is 0 Å². The Bertz CT molecular complexity index is 309. The number of nitrogens with zero attached hydrogens (tertiary/aromatic N) is 1. The molecule has 0 fully saturated rings. The number of nitrogens with one attached hydrogen (secondary N) is 1. The molecule has 3 heteroatoms. The van der Waals surface area contributed by atoms with E-state index in [0.29, 0.717) is 11.4 Å². The van der Waals surface area contributed by atoms with Crippen LogP contribution in [0.3, 0.4) is 0 Å². The van der Waals surface area contributed by atoms with E-state index in [4.69, 9.17) is 5.41 Å². The van der Waals surface area contributed by atoms with Gasteiger partial charge in [0.25, 0.3) is 0 Å². The van der Waals surface area contributed by atoms with Crippen LogP contribution in [0, 0.1) is 5.41 Å². The average molecular weight is 192 g/mol. The van der Waals surface area contributed by atoms with Gasteiger partial charge in [0.05, 0.1) is 11.4 Å². The highest BCUT2D eigenvalue weighted by Gasteiger charge is 2.00. The molecule has 1 unspecified atom stereocenters. The zero-order valence-corrected chi connectivity index (χ0v) is 8.33. The first-order valence-electron chi connectivity index (χ1n) is 4.06. The second kappa shape index (κ2) is 4.82. The van der Waals surface area contributed by atoms with E-state index in [1.165, 1.54) is 0 Å². The molecule has 0 saturated heterocycles. The molecular formula is C10H12N2S. The van der Waals surface area contributed by atoms with Crippen molar-refractivity contribution in [2.75, 3.05) is 0 Å². The summed E-state index contributed by atoms with van der Waals surface area (Å²) in [7, 11) is 0. The molecule has 2 nitrogen and oxygen atoms in total. The van der Waals surface area contributed by atoms with Crippen molar-refractivity contribution in [1.82, 2.24) is 0 Å². The molecule has 0 aromatic carbocycles. The van der Waals surface area contributed by atoms with Crippen molar-refractivity contribution < 1.29 is 0 Å². The first-order chi connectivity index (χ1) is 6.20. The van der Waals surface area contributed by atoms with E-state index in [9.17, 15) is 0 Å². The molecule has 0 bridgehead atoms. The van der Waals surface area contributed by atoms with E-state index in [1.54, 1.807) is 12.3 Å². The molecule has 1 aliphatic rings. The zero-order valence-electron chi connectivity index (χ0n) is 7.44. The van der Waals surface area contributed by atoms with Crippen molar-refractivity contribution in [2.24, 2.45) is 4.99 Å². The molecule has 0 spiro atoms.